The normalized spacial score (nSPS) is 18.7. The molecule has 1 aliphatic heterocycles. The van der Waals surface area contributed by atoms with Gasteiger partial charge >= 0.3 is 5.97 Å². The maximum Gasteiger partial charge on any atom is 0.341 e. The van der Waals surface area contributed by atoms with Crippen LogP contribution in [0.15, 0.2) is 28.0 Å². The summed E-state index contributed by atoms with van der Waals surface area (Å²) in [6, 6.07) is 4.53. The van der Waals surface area contributed by atoms with Crippen LogP contribution in [0.1, 0.15) is 16.8 Å². The van der Waals surface area contributed by atoms with Gasteiger partial charge in [-0.2, -0.15) is 0 Å². The largest absolute Gasteiger partial charge is 0.432 e. The van der Waals surface area contributed by atoms with Crippen molar-refractivity contribution in [1.29, 1.82) is 0 Å². The highest BCUT2D eigenvalue weighted by atomic mass is 35.7. The Morgan fingerprint density at radius 3 is 2.68 bits per heavy atom. The second-order valence-electron chi connectivity index (χ2n) is 3.77. The van der Waals surface area contributed by atoms with Gasteiger partial charge in [-0.25, -0.2) is 13.2 Å². The average molecular weight is 323 g/mol. The molecule has 0 saturated carbocycles. The number of benzene rings is 1. The van der Waals surface area contributed by atoms with Crippen LogP contribution in [0.3, 0.4) is 0 Å². The highest BCUT2D eigenvalue weighted by Crippen LogP contribution is 2.31. The van der Waals surface area contributed by atoms with Gasteiger partial charge in [0.1, 0.15) is 4.90 Å². The fourth-order valence-electron chi connectivity index (χ4n) is 1.58. The zero-order valence-corrected chi connectivity index (χ0v) is 12.3. The Morgan fingerprint density at radius 2 is 2.21 bits per heavy atom. The Kier molecular flexibility index (Phi) is 4.39. The molecule has 19 heavy (non-hydrogen) atoms. The van der Waals surface area contributed by atoms with Crippen LogP contribution >= 0.6 is 22.4 Å². The molecule has 0 amide bonds. The van der Waals surface area contributed by atoms with Crippen molar-refractivity contribution in [3.8, 4) is 0 Å². The second kappa shape index (κ2) is 5.70. The Morgan fingerprint density at radius 1 is 1.53 bits per heavy atom. The summed E-state index contributed by atoms with van der Waals surface area (Å²) in [5, 5.41) is 0. The molecule has 2 rings (SSSR count). The van der Waals surface area contributed by atoms with E-state index in [2.05, 4.69) is 0 Å². The fourth-order valence-corrected chi connectivity index (χ4v) is 4.03. The quantitative estimate of drug-likeness (QED) is 0.481. The topological polar surface area (TPSA) is 69.7 Å². The van der Waals surface area contributed by atoms with E-state index in [1.54, 1.807) is 18.4 Å². The summed E-state index contributed by atoms with van der Waals surface area (Å²) in [5.74, 6) is -0.750. The predicted octanol–water partition coefficient (Wildman–Crippen LogP) is 2.24. The van der Waals surface area contributed by atoms with Crippen LogP contribution in [0.2, 0.25) is 0 Å². The minimum Gasteiger partial charge on any atom is -0.432 e. The summed E-state index contributed by atoms with van der Waals surface area (Å²) in [6.45, 7) is 0.531. The van der Waals surface area contributed by atoms with E-state index in [1.165, 1.54) is 17.8 Å². The summed E-state index contributed by atoms with van der Waals surface area (Å²) >= 11 is 1.19. The van der Waals surface area contributed by atoms with E-state index in [0.29, 0.717) is 17.9 Å². The Balaban J connectivity index is 2.41. The molecule has 0 N–H and O–H groups in total. The molecule has 0 aliphatic carbocycles. The summed E-state index contributed by atoms with van der Waals surface area (Å²) in [7, 11) is 1.36. The summed E-state index contributed by atoms with van der Waals surface area (Å²) in [6.07, 6.45) is 1.71. The SMILES string of the molecule is CSc1cccc(C(=O)OC2CCO2)c1S(=O)(=O)Cl. The van der Waals surface area contributed by atoms with Crippen LogP contribution in [0.4, 0.5) is 0 Å². The van der Waals surface area contributed by atoms with Crippen molar-refractivity contribution in [2.45, 2.75) is 22.5 Å². The van der Waals surface area contributed by atoms with Crippen molar-refractivity contribution in [3.63, 3.8) is 0 Å². The maximum atomic E-state index is 11.9. The van der Waals surface area contributed by atoms with Crippen LogP contribution in [0.5, 0.6) is 0 Å². The molecule has 0 bridgehead atoms. The van der Waals surface area contributed by atoms with Crippen LogP contribution in [0, 0.1) is 0 Å². The molecule has 1 unspecified atom stereocenters. The second-order valence-corrected chi connectivity index (χ2v) is 7.12. The molecular formula is C11H11ClO5S2. The smallest absolute Gasteiger partial charge is 0.341 e. The first kappa shape index (κ1) is 14.6. The summed E-state index contributed by atoms with van der Waals surface area (Å²) in [4.78, 5) is 12.1. The number of esters is 1. The Labute approximate surface area is 119 Å². The van der Waals surface area contributed by atoms with E-state index in [9.17, 15) is 13.2 Å². The van der Waals surface area contributed by atoms with E-state index in [1.807, 2.05) is 0 Å². The molecule has 0 radical (unpaired) electrons. The molecule has 1 atom stereocenters. The van der Waals surface area contributed by atoms with Crippen LogP contribution in [0.25, 0.3) is 0 Å². The highest BCUT2D eigenvalue weighted by Gasteiger charge is 2.29. The van der Waals surface area contributed by atoms with Gasteiger partial charge in [0.15, 0.2) is 0 Å². The summed E-state index contributed by atoms with van der Waals surface area (Å²) < 4.78 is 33.2. The van der Waals surface area contributed by atoms with Crippen molar-refractivity contribution in [1.82, 2.24) is 0 Å². The molecule has 8 heteroatoms. The number of carbonyl (C=O) groups excluding carboxylic acids is 1. The van der Waals surface area contributed by atoms with Crippen molar-refractivity contribution in [2.24, 2.45) is 0 Å². The average Bonchev–Trinajstić information content (AvgIpc) is 2.31. The van der Waals surface area contributed by atoms with Gasteiger partial charge in [-0.15, -0.1) is 11.8 Å². The molecule has 1 saturated heterocycles. The molecule has 1 aromatic rings. The maximum absolute atomic E-state index is 11.9. The first-order chi connectivity index (χ1) is 8.93. The molecule has 1 heterocycles. The first-order valence-electron chi connectivity index (χ1n) is 5.37. The van der Waals surface area contributed by atoms with E-state index >= 15 is 0 Å². The molecular weight excluding hydrogens is 312 g/mol. The van der Waals surface area contributed by atoms with Gasteiger partial charge in [0, 0.05) is 22.0 Å². The zero-order valence-electron chi connectivity index (χ0n) is 9.96. The lowest BCUT2D eigenvalue weighted by Crippen LogP contribution is -2.32. The van der Waals surface area contributed by atoms with E-state index in [0.717, 1.165) is 0 Å². The number of rotatable bonds is 4. The van der Waals surface area contributed by atoms with Crippen molar-refractivity contribution in [3.05, 3.63) is 23.8 Å². The van der Waals surface area contributed by atoms with Gasteiger partial charge < -0.3 is 9.47 Å². The van der Waals surface area contributed by atoms with E-state index in [-0.39, 0.29) is 10.5 Å². The number of carbonyl (C=O) groups is 1. The summed E-state index contributed by atoms with van der Waals surface area (Å²) in [5.41, 5.74) is -0.0719. The van der Waals surface area contributed by atoms with Gasteiger partial charge in [0.25, 0.3) is 9.05 Å². The minimum atomic E-state index is -4.04. The van der Waals surface area contributed by atoms with Crippen LogP contribution in [-0.4, -0.2) is 33.5 Å². The number of ether oxygens (including phenoxy) is 2. The number of halogens is 1. The van der Waals surface area contributed by atoms with Crippen LogP contribution in [-0.2, 0) is 18.5 Å². The zero-order chi connectivity index (χ0) is 14.0. The lowest BCUT2D eigenvalue weighted by atomic mass is 10.2. The van der Waals surface area contributed by atoms with E-state index < -0.39 is 21.3 Å². The fraction of sp³-hybridized carbons (Fsp3) is 0.364. The van der Waals surface area contributed by atoms with Gasteiger partial charge in [0.05, 0.1) is 12.2 Å². The van der Waals surface area contributed by atoms with Crippen molar-refractivity contribution >= 4 is 37.5 Å². The minimum absolute atomic E-state index is 0.0719. The predicted molar refractivity (Wildman–Crippen MR) is 71.0 cm³/mol. The van der Waals surface area contributed by atoms with Gasteiger partial charge in [-0.05, 0) is 18.4 Å². The van der Waals surface area contributed by atoms with Crippen molar-refractivity contribution in [2.75, 3.05) is 12.9 Å². The lowest BCUT2D eigenvalue weighted by Gasteiger charge is -2.26. The molecule has 104 valence electrons. The third-order valence-electron chi connectivity index (χ3n) is 2.56. The number of thioether (sulfide) groups is 1. The molecule has 0 aromatic heterocycles. The molecule has 1 aliphatic rings. The molecule has 1 aromatic carbocycles. The monoisotopic (exact) mass is 322 g/mol. The number of hydrogen-bond donors (Lipinski definition) is 0. The first-order valence-corrected chi connectivity index (χ1v) is 8.91. The third-order valence-corrected chi connectivity index (χ3v) is 4.86. The van der Waals surface area contributed by atoms with E-state index in [4.69, 9.17) is 20.2 Å². The van der Waals surface area contributed by atoms with Gasteiger partial charge in [0.2, 0.25) is 6.29 Å². The Bertz CT molecular complexity index is 595. The van der Waals surface area contributed by atoms with Crippen LogP contribution < -0.4 is 0 Å². The van der Waals surface area contributed by atoms with Gasteiger partial charge in [-0.1, -0.05) is 6.07 Å². The number of hydrogen-bond acceptors (Lipinski definition) is 6. The van der Waals surface area contributed by atoms with Crippen molar-refractivity contribution < 1.29 is 22.7 Å². The highest BCUT2D eigenvalue weighted by molar-refractivity contribution is 8.14. The molecule has 1 fully saturated rings. The third kappa shape index (κ3) is 3.22. The standard InChI is InChI=1S/C11H11ClO5S2/c1-18-8-4-2-3-7(10(8)19(12,14)15)11(13)17-9-5-6-16-9/h2-4,9H,5-6H2,1H3. The Hall–Kier alpha value is -0.760. The lowest BCUT2D eigenvalue weighted by molar-refractivity contribution is -0.184. The molecule has 5 nitrogen and oxygen atoms in total. The van der Waals surface area contributed by atoms with Gasteiger partial charge in [-0.3, -0.25) is 0 Å². The molecule has 0 spiro atoms.